The number of amides is 2. The van der Waals surface area contributed by atoms with Crippen molar-refractivity contribution in [2.75, 3.05) is 6.54 Å². The number of ether oxygens (including phenoxy) is 1. The van der Waals surface area contributed by atoms with Gasteiger partial charge in [0.1, 0.15) is 11.6 Å². The Bertz CT molecular complexity index is 713. The molecule has 6 nitrogen and oxygen atoms in total. The Morgan fingerprint density at radius 2 is 1.96 bits per heavy atom. The summed E-state index contributed by atoms with van der Waals surface area (Å²) in [7, 11) is 0. The van der Waals surface area contributed by atoms with Crippen molar-refractivity contribution in [2.45, 2.75) is 58.6 Å². The van der Waals surface area contributed by atoms with Gasteiger partial charge < -0.3 is 20.4 Å². The van der Waals surface area contributed by atoms with Crippen molar-refractivity contribution >= 4 is 22.9 Å². The van der Waals surface area contributed by atoms with Crippen LogP contribution in [-0.2, 0) is 16.0 Å². The standard InChI is InChI=1S/C20H29N3O3/c1-5-16(23-19(25)26-20(2,3)4)18(24)21-12-8-10-15-13-14-9-6-7-11-17(14)22-15/h6-7,9,11,13,16,22H,5,8,10,12H2,1-4H3,(H,21,24)(H,23,25)/t16-/m0/s1. The monoisotopic (exact) mass is 359 g/mol. The fourth-order valence-corrected chi connectivity index (χ4v) is 2.68. The molecule has 0 unspecified atom stereocenters. The van der Waals surface area contributed by atoms with Crippen LogP contribution in [-0.4, -0.2) is 35.2 Å². The van der Waals surface area contributed by atoms with Crippen LogP contribution in [0.1, 0.15) is 46.2 Å². The quantitative estimate of drug-likeness (QED) is 0.662. The molecule has 3 N–H and O–H groups in total. The molecule has 0 saturated carbocycles. The molecular formula is C20H29N3O3. The first-order valence-corrected chi connectivity index (χ1v) is 9.12. The number of aromatic nitrogens is 1. The Kier molecular flexibility index (Phi) is 6.66. The SMILES string of the molecule is CC[C@H](NC(=O)OC(C)(C)C)C(=O)NCCCc1cc2ccccc2[nH]1. The maximum absolute atomic E-state index is 12.2. The second-order valence-electron chi connectivity index (χ2n) is 7.38. The summed E-state index contributed by atoms with van der Waals surface area (Å²) in [4.78, 5) is 27.4. The highest BCUT2D eigenvalue weighted by Crippen LogP contribution is 2.15. The summed E-state index contributed by atoms with van der Waals surface area (Å²) in [6.45, 7) is 7.78. The van der Waals surface area contributed by atoms with Crippen LogP contribution >= 0.6 is 0 Å². The summed E-state index contributed by atoms with van der Waals surface area (Å²) in [6, 6.07) is 9.70. The summed E-state index contributed by atoms with van der Waals surface area (Å²) in [6.07, 6.45) is 1.61. The molecule has 1 aromatic heterocycles. The highest BCUT2D eigenvalue weighted by molar-refractivity contribution is 5.85. The van der Waals surface area contributed by atoms with Crippen molar-refractivity contribution in [3.63, 3.8) is 0 Å². The number of hydrogen-bond donors (Lipinski definition) is 3. The van der Waals surface area contributed by atoms with Crippen molar-refractivity contribution in [3.05, 3.63) is 36.0 Å². The summed E-state index contributed by atoms with van der Waals surface area (Å²) in [5, 5.41) is 6.70. The van der Waals surface area contributed by atoms with Crippen molar-refractivity contribution < 1.29 is 14.3 Å². The molecule has 26 heavy (non-hydrogen) atoms. The van der Waals surface area contributed by atoms with Gasteiger partial charge in [-0.3, -0.25) is 4.79 Å². The minimum Gasteiger partial charge on any atom is -0.444 e. The van der Waals surface area contributed by atoms with Crippen LogP contribution in [0, 0.1) is 0 Å². The normalized spacial score (nSPS) is 12.6. The summed E-state index contributed by atoms with van der Waals surface area (Å²) < 4.78 is 5.20. The van der Waals surface area contributed by atoms with Gasteiger partial charge in [0.05, 0.1) is 0 Å². The second-order valence-corrected chi connectivity index (χ2v) is 7.38. The van der Waals surface area contributed by atoms with Crippen molar-refractivity contribution in [1.29, 1.82) is 0 Å². The van der Waals surface area contributed by atoms with E-state index in [4.69, 9.17) is 4.74 Å². The summed E-state index contributed by atoms with van der Waals surface area (Å²) in [5.41, 5.74) is 1.69. The van der Waals surface area contributed by atoms with Crippen LogP contribution in [0.2, 0.25) is 0 Å². The van der Waals surface area contributed by atoms with Crippen LogP contribution in [0.4, 0.5) is 4.79 Å². The molecule has 2 rings (SSSR count). The molecule has 2 amide bonds. The van der Waals surface area contributed by atoms with E-state index in [-0.39, 0.29) is 5.91 Å². The van der Waals surface area contributed by atoms with E-state index >= 15 is 0 Å². The van der Waals surface area contributed by atoms with E-state index in [2.05, 4.69) is 33.8 Å². The second kappa shape index (κ2) is 8.74. The van der Waals surface area contributed by atoms with Gasteiger partial charge in [-0.15, -0.1) is 0 Å². The van der Waals surface area contributed by atoms with Crippen molar-refractivity contribution in [3.8, 4) is 0 Å². The Labute approximate surface area is 154 Å². The number of H-pyrrole nitrogens is 1. The highest BCUT2D eigenvalue weighted by atomic mass is 16.6. The number of carbonyl (C=O) groups excluding carboxylic acids is 2. The Morgan fingerprint density at radius 3 is 2.62 bits per heavy atom. The first-order chi connectivity index (χ1) is 12.3. The third-order valence-electron chi connectivity index (χ3n) is 3.92. The molecule has 1 aromatic carbocycles. The van der Waals surface area contributed by atoms with E-state index in [0.29, 0.717) is 13.0 Å². The molecule has 0 bridgehead atoms. The summed E-state index contributed by atoms with van der Waals surface area (Å²) in [5.74, 6) is -0.185. The lowest BCUT2D eigenvalue weighted by Gasteiger charge is -2.22. The number of alkyl carbamates (subject to hydrolysis) is 1. The first-order valence-electron chi connectivity index (χ1n) is 9.12. The maximum Gasteiger partial charge on any atom is 0.408 e. The maximum atomic E-state index is 12.2. The molecule has 0 spiro atoms. The van der Waals surface area contributed by atoms with Gasteiger partial charge in [0.15, 0.2) is 0 Å². The lowest BCUT2D eigenvalue weighted by molar-refractivity contribution is -0.123. The van der Waals surface area contributed by atoms with E-state index in [1.165, 1.54) is 5.39 Å². The number of hydrogen-bond acceptors (Lipinski definition) is 3. The molecule has 0 aliphatic rings. The zero-order valence-electron chi connectivity index (χ0n) is 16.0. The van der Waals surface area contributed by atoms with Crippen molar-refractivity contribution in [2.24, 2.45) is 0 Å². The largest absolute Gasteiger partial charge is 0.444 e. The average Bonchev–Trinajstić information content (AvgIpc) is 2.97. The molecule has 0 fully saturated rings. The fourth-order valence-electron chi connectivity index (χ4n) is 2.68. The number of benzene rings is 1. The van der Waals surface area contributed by atoms with Crippen LogP contribution < -0.4 is 10.6 Å². The third kappa shape index (κ3) is 6.10. The van der Waals surface area contributed by atoms with Gasteiger partial charge in [-0.2, -0.15) is 0 Å². The molecule has 6 heteroatoms. The first kappa shape index (κ1) is 19.8. The molecule has 0 saturated heterocycles. The predicted molar refractivity (Wildman–Crippen MR) is 103 cm³/mol. The topological polar surface area (TPSA) is 83.2 Å². The number of fused-ring (bicyclic) bond motifs is 1. The number of aryl methyl sites for hydroxylation is 1. The van der Waals surface area contributed by atoms with Crippen molar-refractivity contribution in [1.82, 2.24) is 15.6 Å². The summed E-state index contributed by atoms with van der Waals surface area (Å²) >= 11 is 0. The lowest BCUT2D eigenvalue weighted by atomic mass is 10.2. The van der Waals surface area contributed by atoms with E-state index in [0.717, 1.165) is 24.1 Å². The van der Waals surface area contributed by atoms with E-state index < -0.39 is 17.7 Å². The van der Waals surface area contributed by atoms with Gasteiger partial charge in [-0.1, -0.05) is 25.1 Å². The third-order valence-corrected chi connectivity index (χ3v) is 3.92. The van der Waals surface area contributed by atoms with Gasteiger partial charge in [0.25, 0.3) is 0 Å². The van der Waals surface area contributed by atoms with Gasteiger partial charge in [-0.05, 0) is 57.6 Å². The average molecular weight is 359 g/mol. The molecule has 0 aliphatic heterocycles. The molecule has 1 atom stereocenters. The van der Waals surface area contributed by atoms with Gasteiger partial charge in [0.2, 0.25) is 5.91 Å². The number of rotatable bonds is 7. The minimum absolute atomic E-state index is 0.185. The zero-order chi connectivity index (χ0) is 19.2. The Balaban J connectivity index is 1.74. The fraction of sp³-hybridized carbons (Fsp3) is 0.500. The molecule has 2 aromatic rings. The van der Waals surface area contributed by atoms with Gasteiger partial charge in [-0.25, -0.2) is 4.79 Å². The molecular weight excluding hydrogens is 330 g/mol. The smallest absolute Gasteiger partial charge is 0.408 e. The molecule has 142 valence electrons. The Morgan fingerprint density at radius 1 is 1.23 bits per heavy atom. The molecule has 1 heterocycles. The Hall–Kier alpha value is -2.50. The van der Waals surface area contributed by atoms with E-state index in [1.54, 1.807) is 20.8 Å². The number of nitrogens with one attached hydrogen (secondary N) is 3. The van der Waals surface area contributed by atoms with E-state index in [9.17, 15) is 9.59 Å². The highest BCUT2D eigenvalue weighted by Gasteiger charge is 2.22. The minimum atomic E-state index is -0.585. The van der Waals surface area contributed by atoms with Crippen LogP contribution in [0.3, 0.4) is 0 Å². The number of para-hydroxylation sites is 1. The number of aromatic amines is 1. The predicted octanol–water partition coefficient (Wildman–Crippen LogP) is 3.52. The van der Waals surface area contributed by atoms with Crippen LogP contribution in [0.15, 0.2) is 30.3 Å². The van der Waals surface area contributed by atoms with Crippen LogP contribution in [0.5, 0.6) is 0 Å². The van der Waals surface area contributed by atoms with E-state index in [1.807, 2.05) is 19.1 Å². The lowest BCUT2D eigenvalue weighted by Crippen LogP contribution is -2.48. The zero-order valence-corrected chi connectivity index (χ0v) is 16.0. The van der Waals surface area contributed by atoms with Gasteiger partial charge in [0, 0.05) is 17.8 Å². The number of carbonyl (C=O) groups is 2. The van der Waals surface area contributed by atoms with Gasteiger partial charge >= 0.3 is 6.09 Å². The van der Waals surface area contributed by atoms with Crippen LogP contribution in [0.25, 0.3) is 10.9 Å². The molecule has 0 radical (unpaired) electrons. The molecule has 0 aliphatic carbocycles.